The van der Waals surface area contributed by atoms with Gasteiger partial charge >= 0.3 is 6.09 Å². The Morgan fingerprint density at radius 3 is 2.10 bits per heavy atom. The maximum atomic E-state index is 12.4. The zero-order chi connectivity index (χ0) is 20.9. The quantitative estimate of drug-likeness (QED) is 0.485. The van der Waals surface area contributed by atoms with Gasteiger partial charge in [-0.2, -0.15) is 0 Å². The molecule has 150 valence electrons. The highest BCUT2D eigenvalue weighted by Gasteiger charge is 2.18. The molecule has 6 nitrogen and oxygen atoms in total. The van der Waals surface area contributed by atoms with E-state index in [1.165, 1.54) is 0 Å². The van der Waals surface area contributed by atoms with Crippen molar-refractivity contribution in [2.45, 2.75) is 13.0 Å². The van der Waals surface area contributed by atoms with Crippen LogP contribution in [0, 0.1) is 0 Å². The first-order valence-electron chi connectivity index (χ1n) is 9.70. The van der Waals surface area contributed by atoms with Crippen molar-refractivity contribution in [1.29, 1.82) is 0 Å². The topological polar surface area (TPSA) is 69.0 Å². The van der Waals surface area contributed by atoms with Gasteiger partial charge in [0, 0.05) is 12.6 Å². The minimum atomic E-state index is -0.575. The first kappa shape index (κ1) is 19.4. The minimum absolute atomic E-state index is 0.357. The number of amides is 1. The van der Waals surface area contributed by atoms with Gasteiger partial charge in [0.25, 0.3) is 0 Å². The predicted molar refractivity (Wildman–Crippen MR) is 117 cm³/mol. The SMILES string of the molecule is C[C@@H](OC(=O)Nc1nnn(C)c1-c1ccc(-c2ccccc2)cc1)c1ccccc1. The summed E-state index contributed by atoms with van der Waals surface area (Å²) < 4.78 is 7.12. The fourth-order valence-electron chi connectivity index (χ4n) is 3.29. The van der Waals surface area contributed by atoms with Crippen molar-refractivity contribution in [3.05, 3.63) is 90.5 Å². The molecular formula is C24H22N4O2. The van der Waals surface area contributed by atoms with Gasteiger partial charge in [0.15, 0.2) is 5.82 Å². The number of aromatic nitrogens is 3. The largest absolute Gasteiger partial charge is 0.441 e. The summed E-state index contributed by atoms with van der Waals surface area (Å²) in [5.41, 5.74) is 4.78. The van der Waals surface area contributed by atoms with Crippen LogP contribution in [0.4, 0.5) is 10.6 Å². The second-order valence-corrected chi connectivity index (χ2v) is 6.94. The number of anilines is 1. The zero-order valence-electron chi connectivity index (χ0n) is 16.8. The van der Waals surface area contributed by atoms with Crippen LogP contribution in [-0.4, -0.2) is 21.1 Å². The Labute approximate surface area is 175 Å². The van der Waals surface area contributed by atoms with Crippen molar-refractivity contribution in [1.82, 2.24) is 15.0 Å². The minimum Gasteiger partial charge on any atom is -0.441 e. The second kappa shape index (κ2) is 8.61. The molecule has 1 aromatic heterocycles. The molecule has 0 aliphatic heterocycles. The third-order valence-corrected chi connectivity index (χ3v) is 4.87. The monoisotopic (exact) mass is 398 g/mol. The zero-order valence-corrected chi connectivity index (χ0v) is 16.8. The molecule has 1 heterocycles. The summed E-state index contributed by atoms with van der Waals surface area (Å²) >= 11 is 0. The number of carbonyl (C=O) groups excluding carboxylic acids is 1. The lowest BCUT2D eigenvalue weighted by Crippen LogP contribution is -2.17. The molecule has 6 heteroatoms. The number of benzene rings is 3. The van der Waals surface area contributed by atoms with Crippen molar-refractivity contribution >= 4 is 11.9 Å². The first-order chi connectivity index (χ1) is 14.6. The van der Waals surface area contributed by atoms with E-state index in [0.717, 1.165) is 22.3 Å². The van der Waals surface area contributed by atoms with Crippen LogP contribution in [-0.2, 0) is 11.8 Å². The Bertz CT molecular complexity index is 1120. The number of hydrogen-bond donors (Lipinski definition) is 1. The molecule has 0 fully saturated rings. The second-order valence-electron chi connectivity index (χ2n) is 6.94. The normalized spacial score (nSPS) is 11.7. The van der Waals surface area contributed by atoms with Gasteiger partial charge in [-0.3, -0.25) is 5.32 Å². The highest BCUT2D eigenvalue weighted by Crippen LogP contribution is 2.29. The van der Waals surface area contributed by atoms with E-state index in [4.69, 9.17) is 4.74 Å². The maximum absolute atomic E-state index is 12.4. The number of nitrogens with one attached hydrogen (secondary N) is 1. The standard InChI is InChI=1S/C24H22N4O2/c1-17(18-9-5-3-6-10-18)30-24(29)25-23-22(28(2)27-26-23)21-15-13-20(14-16-21)19-11-7-4-8-12-19/h3-17H,1-2H3,(H,25,29)/t17-/m1/s1. The van der Waals surface area contributed by atoms with Gasteiger partial charge in [-0.25, -0.2) is 9.48 Å². The molecule has 4 aromatic rings. The van der Waals surface area contributed by atoms with E-state index in [1.54, 1.807) is 11.7 Å². The van der Waals surface area contributed by atoms with Gasteiger partial charge < -0.3 is 4.74 Å². The van der Waals surface area contributed by atoms with Crippen molar-refractivity contribution in [3.8, 4) is 22.4 Å². The van der Waals surface area contributed by atoms with Crippen LogP contribution in [0.5, 0.6) is 0 Å². The highest BCUT2D eigenvalue weighted by molar-refractivity contribution is 5.88. The van der Waals surface area contributed by atoms with E-state index >= 15 is 0 Å². The summed E-state index contributed by atoms with van der Waals surface area (Å²) in [6.45, 7) is 1.83. The van der Waals surface area contributed by atoms with Crippen LogP contribution in [0.25, 0.3) is 22.4 Å². The van der Waals surface area contributed by atoms with Crippen molar-refractivity contribution in [3.63, 3.8) is 0 Å². The summed E-state index contributed by atoms with van der Waals surface area (Å²) in [5, 5.41) is 10.9. The fraction of sp³-hybridized carbons (Fsp3) is 0.125. The Hall–Kier alpha value is -3.93. The van der Waals surface area contributed by atoms with Gasteiger partial charge in [0.1, 0.15) is 11.8 Å². The Morgan fingerprint density at radius 1 is 0.867 bits per heavy atom. The summed E-state index contributed by atoms with van der Waals surface area (Å²) in [5.74, 6) is 0.357. The number of aryl methyl sites for hydroxylation is 1. The van der Waals surface area contributed by atoms with Gasteiger partial charge in [-0.1, -0.05) is 90.1 Å². The van der Waals surface area contributed by atoms with Gasteiger partial charge in [-0.05, 0) is 23.6 Å². The molecule has 0 spiro atoms. The molecule has 1 N–H and O–H groups in total. The van der Waals surface area contributed by atoms with Crippen LogP contribution < -0.4 is 5.32 Å². The lowest BCUT2D eigenvalue weighted by molar-refractivity contribution is 0.121. The first-order valence-corrected chi connectivity index (χ1v) is 9.70. The van der Waals surface area contributed by atoms with Crippen molar-refractivity contribution < 1.29 is 9.53 Å². The Morgan fingerprint density at radius 2 is 1.43 bits per heavy atom. The average molecular weight is 398 g/mol. The maximum Gasteiger partial charge on any atom is 0.413 e. The molecular weight excluding hydrogens is 376 g/mol. The molecule has 1 amide bonds. The van der Waals surface area contributed by atoms with Gasteiger partial charge in [0.05, 0.1) is 0 Å². The molecule has 0 saturated carbocycles. The smallest absolute Gasteiger partial charge is 0.413 e. The van der Waals surface area contributed by atoms with E-state index in [0.29, 0.717) is 11.5 Å². The van der Waals surface area contributed by atoms with Crippen LogP contribution in [0.15, 0.2) is 84.9 Å². The van der Waals surface area contributed by atoms with Gasteiger partial charge in [0.2, 0.25) is 0 Å². The van der Waals surface area contributed by atoms with E-state index in [-0.39, 0.29) is 6.10 Å². The van der Waals surface area contributed by atoms with E-state index in [1.807, 2.05) is 79.7 Å². The van der Waals surface area contributed by atoms with Crippen LogP contribution in [0.3, 0.4) is 0 Å². The molecule has 0 aliphatic rings. The van der Waals surface area contributed by atoms with E-state index < -0.39 is 6.09 Å². The molecule has 0 saturated heterocycles. The van der Waals surface area contributed by atoms with Crippen molar-refractivity contribution in [2.24, 2.45) is 7.05 Å². The highest BCUT2D eigenvalue weighted by atomic mass is 16.6. The molecule has 30 heavy (non-hydrogen) atoms. The Balaban J connectivity index is 1.51. The lowest BCUT2D eigenvalue weighted by Gasteiger charge is -2.14. The molecule has 0 bridgehead atoms. The number of nitrogens with zero attached hydrogens (tertiary/aromatic N) is 3. The summed E-state index contributed by atoms with van der Waals surface area (Å²) in [6.07, 6.45) is -0.953. The van der Waals surface area contributed by atoms with Crippen LogP contribution >= 0.6 is 0 Å². The summed E-state index contributed by atoms with van der Waals surface area (Å²) in [6, 6.07) is 27.8. The number of hydrogen-bond acceptors (Lipinski definition) is 4. The lowest BCUT2D eigenvalue weighted by atomic mass is 10.0. The third kappa shape index (κ3) is 4.22. The summed E-state index contributed by atoms with van der Waals surface area (Å²) in [4.78, 5) is 12.4. The fourth-order valence-corrected chi connectivity index (χ4v) is 3.29. The molecule has 0 radical (unpaired) electrons. The Kier molecular flexibility index (Phi) is 5.57. The average Bonchev–Trinajstić information content (AvgIpc) is 3.14. The van der Waals surface area contributed by atoms with Crippen LogP contribution in [0.2, 0.25) is 0 Å². The molecule has 4 rings (SSSR count). The molecule has 3 aromatic carbocycles. The molecule has 0 unspecified atom stereocenters. The van der Waals surface area contributed by atoms with Crippen LogP contribution in [0.1, 0.15) is 18.6 Å². The number of ether oxygens (including phenoxy) is 1. The predicted octanol–water partition coefficient (Wildman–Crippen LogP) is 5.46. The van der Waals surface area contributed by atoms with Gasteiger partial charge in [-0.15, -0.1) is 5.10 Å². The third-order valence-electron chi connectivity index (χ3n) is 4.87. The van der Waals surface area contributed by atoms with E-state index in [2.05, 4.69) is 27.8 Å². The van der Waals surface area contributed by atoms with Crippen molar-refractivity contribution in [2.75, 3.05) is 5.32 Å². The number of rotatable bonds is 5. The molecule has 0 aliphatic carbocycles. The molecule has 1 atom stereocenters. The number of carbonyl (C=O) groups is 1. The van der Waals surface area contributed by atoms with E-state index in [9.17, 15) is 4.79 Å². The summed E-state index contributed by atoms with van der Waals surface area (Å²) in [7, 11) is 1.79.